The molecule has 1 aromatic heterocycles. The molecule has 1 amide bonds. The Bertz CT molecular complexity index is 1410. The Labute approximate surface area is 204 Å². The summed E-state index contributed by atoms with van der Waals surface area (Å²) in [6.45, 7) is 0.765. The van der Waals surface area contributed by atoms with Gasteiger partial charge in [0, 0.05) is 35.8 Å². The van der Waals surface area contributed by atoms with Gasteiger partial charge < -0.3 is 9.88 Å². The molecule has 0 aliphatic carbocycles. The fourth-order valence-electron chi connectivity index (χ4n) is 4.67. The molecule has 0 saturated heterocycles. The smallest absolute Gasteiger partial charge is 0.224 e. The molecule has 0 spiro atoms. The lowest BCUT2D eigenvalue weighted by Crippen LogP contribution is -2.17. The van der Waals surface area contributed by atoms with Crippen molar-refractivity contribution >= 4 is 22.5 Å². The second-order valence-corrected chi connectivity index (χ2v) is 8.86. The first-order chi connectivity index (χ1) is 17.2. The first-order valence-electron chi connectivity index (χ1n) is 11.9. The van der Waals surface area contributed by atoms with Gasteiger partial charge in [0.1, 0.15) is 5.82 Å². The van der Waals surface area contributed by atoms with Crippen LogP contribution in [-0.4, -0.2) is 10.5 Å². The SMILES string of the molecule is O=C(CC(Cc1ccccc1)c1cn(Cc2ccccc2)c2ccccc12)Nc1ccc(F)cc1. The van der Waals surface area contributed by atoms with Crippen molar-refractivity contribution in [3.8, 4) is 0 Å². The fourth-order valence-corrected chi connectivity index (χ4v) is 4.67. The summed E-state index contributed by atoms with van der Waals surface area (Å²) in [6, 6.07) is 35.0. The monoisotopic (exact) mass is 462 g/mol. The molecule has 0 radical (unpaired) electrons. The summed E-state index contributed by atoms with van der Waals surface area (Å²) in [4.78, 5) is 13.1. The number of carbonyl (C=O) groups is 1. The molecule has 1 N–H and O–H groups in total. The molecule has 0 fully saturated rings. The quantitative estimate of drug-likeness (QED) is 0.260. The zero-order valence-electron chi connectivity index (χ0n) is 19.4. The molecule has 5 aromatic rings. The maximum absolute atomic E-state index is 13.3. The maximum Gasteiger partial charge on any atom is 0.224 e. The van der Waals surface area contributed by atoms with Gasteiger partial charge >= 0.3 is 0 Å². The van der Waals surface area contributed by atoms with Crippen molar-refractivity contribution in [2.45, 2.75) is 25.3 Å². The normalized spacial score (nSPS) is 11.9. The Hall–Kier alpha value is -4.18. The van der Waals surface area contributed by atoms with E-state index in [1.807, 2.05) is 24.3 Å². The van der Waals surface area contributed by atoms with Crippen LogP contribution in [0.15, 0.2) is 115 Å². The van der Waals surface area contributed by atoms with Crippen LogP contribution in [0.25, 0.3) is 10.9 Å². The van der Waals surface area contributed by atoms with E-state index < -0.39 is 0 Å². The highest BCUT2D eigenvalue weighted by atomic mass is 19.1. The predicted molar refractivity (Wildman–Crippen MR) is 140 cm³/mol. The van der Waals surface area contributed by atoms with Crippen LogP contribution in [-0.2, 0) is 17.8 Å². The van der Waals surface area contributed by atoms with E-state index in [1.54, 1.807) is 12.1 Å². The Morgan fingerprint density at radius 2 is 1.40 bits per heavy atom. The minimum atomic E-state index is -0.323. The van der Waals surface area contributed by atoms with Crippen LogP contribution in [0.2, 0.25) is 0 Å². The van der Waals surface area contributed by atoms with Crippen LogP contribution in [0.1, 0.15) is 29.0 Å². The molecule has 3 nitrogen and oxygen atoms in total. The van der Waals surface area contributed by atoms with E-state index in [1.165, 1.54) is 28.6 Å². The number of nitrogens with zero attached hydrogens (tertiary/aromatic N) is 1. The van der Waals surface area contributed by atoms with Crippen LogP contribution in [0.4, 0.5) is 10.1 Å². The largest absolute Gasteiger partial charge is 0.343 e. The molecule has 174 valence electrons. The summed E-state index contributed by atoms with van der Waals surface area (Å²) in [7, 11) is 0. The molecule has 0 bridgehead atoms. The van der Waals surface area contributed by atoms with Gasteiger partial charge in [0.15, 0.2) is 0 Å². The number of halogens is 1. The lowest BCUT2D eigenvalue weighted by Gasteiger charge is -2.17. The Morgan fingerprint density at radius 3 is 2.11 bits per heavy atom. The second kappa shape index (κ2) is 10.4. The number of nitrogens with one attached hydrogen (secondary N) is 1. The highest BCUT2D eigenvalue weighted by Crippen LogP contribution is 2.33. The van der Waals surface area contributed by atoms with E-state index in [-0.39, 0.29) is 17.6 Å². The van der Waals surface area contributed by atoms with E-state index in [2.05, 4.69) is 76.7 Å². The molecule has 5 rings (SSSR count). The van der Waals surface area contributed by atoms with Crippen molar-refractivity contribution in [2.75, 3.05) is 5.32 Å². The van der Waals surface area contributed by atoms with Crippen molar-refractivity contribution < 1.29 is 9.18 Å². The zero-order chi connectivity index (χ0) is 24.0. The van der Waals surface area contributed by atoms with Crippen LogP contribution in [0, 0.1) is 5.82 Å². The van der Waals surface area contributed by atoms with Gasteiger partial charge in [0.2, 0.25) is 5.91 Å². The van der Waals surface area contributed by atoms with Crippen LogP contribution < -0.4 is 5.32 Å². The molecule has 0 saturated carbocycles. The number of hydrogen-bond donors (Lipinski definition) is 1. The first kappa shape index (κ1) is 22.6. The Morgan fingerprint density at radius 1 is 0.771 bits per heavy atom. The van der Waals surface area contributed by atoms with Crippen LogP contribution in [0.5, 0.6) is 0 Å². The first-order valence-corrected chi connectivity index (χ1v) is 11.9. The highest BCUT2D eigenvalue weighted by Gasteiger charge is 2.22. The lowest BCUT2D eigenvalue weighted by molar-refractivity contribution is -0.116. The number of anilines is 1. The Balaban J connectivity index is 1.48. The number of fused-ring (bicyclic) bond motifs is 1. The van der Waals surface area contributed by atoms with Crippen molar-refractivity contribution in [1.82, 2.24) is 4.57 Å². The molecule has 0 aliphatic heterocycles. The number of para-hydroxylation sites is 1. The molecule has 0 aliphatic rings. The number of aromatic nitrogens is 1. The van der Waals surface area contributed by atoms with E-state index in [4.69, 9.17) is 0 Å². The number of amides is 1. The van der Waals surface area contributed by atoms with Gasteiger partial charge in [0.05, 0.1) is 0 Å². The average molecular weight is 463 g/mol. The van der Waals surface area contributed by atoms with Crippen LogP contribution >= 0.6 is 0 Å². The van der Waals surface area contributed by atoms with E-state index in [9.17, 15) is 9.18 Å². The standard InChI is InChI=1S/C31H27FN2O/c32-26-15-17-27(18-16-26)33-31(35)20-25(19-23-9-3-1-4-10-23)29-22-34(21-24-11-5-2-6-12-24)30-14-8-7-13-28(29)30/h1-18,22,25H,19-21H2,(H,33,35). The van der Waals surface area contributed by atoms with Gasteiger partial charge in [-0.1, -0.05) is 78.9 Å². The molecule has 1 atom stereocenters. The zero-order valence-corrected chi connectivity index (χ0v) is 19.4. The second-order valence-electron chi connectivity index (χ2n) is 8.86. The number of hydrogen-bond acceptors (Lipinski definition) is 1. The summed E-state index contributed by atoms with van der Waals surface area (Å²) in [5.41, 5.74) is 5.33. The Kier molecular flexibility index (Phi) is 6.71. The van der Waals surface area contributed by atoms with Gasteiger partial charge in [-0.2, -0.15) is 0 Å². The van der Waals surface area contributed by atoms with Crippen molar-refractivity contribution in [1.29, 1.82) is 0 Å². The molecule has 1 unspecified atom stereocenters. The van der Waals surface area contributed by atoms with E-state index in [0.717, 1.165) is 24.0 Å². The van der Waals surface area contributed by atoms with Gasteiger partial charge in [-0.15, -0.1) is 0 Å². The van der Waals surface area contributed by atoms with Crippen LogP contribution in [0.3, 0.4) is 0 Å². The third-order valence-corrected chi connectivity index (χ3v) is 6.34. The third kappa shape index (κ3) is 5.49. The molecule has 4 aromatic carbocycles. The van der Waals surface area contributed by atoms with Crippen molar-refractivity contribution in [2.24, 2.45) is 0 Å². The minimum absolute atomic E-state index is 0.0141. The summed E-state index contributed by atoms with van der Waals surface area (Å²) < 4.78 is 15.6. The van der Waals surface area contributed by atoms with Crippen molar-refractivity contribution in [3.63, 3.8) is 0 Å². The maximum atomic E-state index is 13.3. The average Bonchev–Trinajstić information content (AvgIpc) is 3.25. The summed E-state index contributed by atoms with van der Waals surface area (Å²) in [5.74, 6) is -0.423. The molecule has 1 heterocycles. The number of carbonyl (C=O) groups excluding carboxylic acids is 1. The fraction of sp³-hybridized carbons (Fsp3) is 0.129. The highest BCUT2D eigenvalue weighted by molar-refractivity contribution is 5.92. The summed E-state index contributed by atoms with van der Waals surface area (Å²) >= 11 is 0. The lowest BCUT2D eigenvalue weighted by atomic mass is 9.88. The topological polar surface area (TPSA) is 34.0 Å². The van der Waals surface area contributed by atoms with Gasteiger partial charge in [0.25, 0.3) is 0 Å². The molecular formula is C31H27FN2O. The number of benzene rings is 4. The molecular weight excluding hydrogens is 435 g/mol. The predicted octanol–water partition coefficient (Wildman–Crippen LogP) is 7.18. The van der Waals surface area contributed by atoms with Crippen molar-refractivity contribution in [3.05, 3.63) is 138 Å². The summed E-state index contributed by atoms with van der Waals surface area (Å²) in [6.07, 6.45) is 3.28. The van der Waals surface area contributed by atoms with Gasteiger partial charge in [-0.05, 0) is 59.4 Å². The number of rotatable bonds is 8. The minimum Gasteiger partial charge on any atom is -0.343 e. The van der Waals surface area contributed by atoms with E-state index in [0.29, 0.717) is 12.1 Å². The third-order valence-electron chi connectivity index (χ3n) is 6.34. The van der Waals surface area contributed by atoms with Gasteiger partial charge in [-0.3, -0.25) is 4.79 Å². The summed E-state index contributed by atoms with van der Waals surface area (Å²) in [5, 5.41) is 4.10. The van der Waals surface area contributed by atoms with E-state index >= 15 is 0 Å². The molecule has 4 heteroatoms. The van der Waals surface area contributed by atoms with Gasteiger partial charge in [-0.25, -0.2) is 4.39 Å². The molecule has 35 heavy (non-hydrogen) atoms.